The van der Waals surface area contributed by atoms with Crippen molar-refractivity contribution in [1.82, 2.24) is 4.72 Å². The van der Waals surface area contributed by atoms with Crippen LogP contribution in [-0.4, -0.2) is 26.0 Å². The number of rotatable bonds is 6. The zero-order valence-corrected chi connectivity index (χ0v) is 10.8. The Kier molecular flexibility index (Phi) is 5.06. The minimum Gasteiger partial charge on any atom is -0.481 e. The van der Waals surface area contributed by atoms with Crippen molar-refractivity contribution in [3.63, 3.8) is 0 Å². The van der Waals surface area contributed by atoms with Crippen LogP contribution in [-0.2, 0) is 20.6 Å². The van der Waals surface area contributed by atoms with E-state index in [2.05, 4.69) is 4.72 Å². The Morgan fingerprint density at radius 1 is 1.44 bits per heavy atom. The van der Waals surface area contributed by atoms with Crippen LogP contribution in [0, 0.1) is 5.82 Å². The third-order valence-electron chi connectivity index (χ3n) is 2.06. The molecule has 0 aliphatic carbocycles. The molecule has 0 bridgehead atoms. The number of carboxylic acids is 1. The van der Waals surface area contributed by atoms with Gasteiger partial charge in [0.15, 0.2) is 0 Å². The van der Waals surface area contributed by atoms with Crippen molar-refractivity contribution >= 4 is 27.6 Å². The number of nitrogens with one attached hydrogen (secondary N) is 1. The predicted molar refractivity (Wildman–Crippen MR) is 64.3 cm³/mol. The summed E-state index contributed by atoms with van der Waals surface area (Å²) in [4.78, 5) is 10.2. The molecule has 0 radical (unpaired) electrons. The standard InChI is InChI=1S/C10H11ClFNO4S/c11-8-2-1-3-9(12)7(8)6-18(16,17)13-5-4-10(14)15/h1-3,13H,4-6H2,(H,14,15). The first-order chi connectivity index (χ1) is 8.32. The third kappa shape index (κ3) is 4.59. The first kappa shape index (κ1) is 14.9. The second-order valence-electron chi connectivity index (χ2n) is 3.50. The summed E-state index contributed by atoms with van der Waals surface area (Å²) in [7, 11) is -3.81. The molecule has 0 unspecified atom stereocenters. The monoisotopic (exact) mass is 295 g/mol. The van der Waals surface area contributed by atoms with Gasteiger partial charge in [-0.25, -0.2) is 17.5 Å². The molecular formula is C10H11ClFNO4S. The lowest BCUT2D eigenvalue weighted by molar-refractivity contribution is -0.136. The fourth-order valence-corrected chi connectivity index (χ4v) is 2.72. The van der Waals surface area contributed by atoms with Crippen molar-refractivity contribution in [3.05, 3.63) is 34.6 Å². The number of carboxylic acid groups (broad SMARTS) is 1. The summed E-state index contributed by atoms with van der Waals surface area (Å²) in [6.45, 7) is -0.246. The van der Waals surface area contributed by atoms with Crippen LogP contribution in [0.4, 0.5) is 4.39 Å². The van der Waals surface area contributed by atoms with E-state index in [4.69, 9.17) is 16.7 Å². The van der Waals surface area contributed by atoms with Crippen LogP contribution >= 0.6 is 11.6 Å². The van der Waals surface area contributed by atoms with E-state index in [-0.39, 0.29) is 23.6 Å². The third-order valence-corrected chi connectivity index (χ3v) is 3.72. The minimum atomic E-state index is -3.81. The Bertz CT molecular complexity index is 527. The highest BCUT2D eigenvalue weighted by Crippen LogP contribution is 2.20. The number of benzene rings is 1. The zero-order chi connectivity index (χ0) is 13.8. The van der Waals surface area contributed by atoms with Gasteiger partial charge in [-0.2, -0.15) is 0 Å². The SMILES string of the molecule is O=C(O)CCNS(=O)(=O)Cc1c(F)cccc1Cl. The molecule has 5 nitrogen and oxygen atoms in total. The first-order valence-corrected chi connectivity index (χ1v) is 6.97. The van der Waals surface area contributed by atoms with E-state index in [1.807, 2.05) is 0 Å². The molecule has 0 heterocycles. The molecule has 0 saturated heterocycles. The second kappa shape index (κ2) is 6.12. The maximum Gasteiger partial charge on any atom is 0.304 e. The van der Waals surface area contributed by atoms with Gasteiger partial charge in [-0.1, -0.05) is 17.7 Å². The molecule has 0 atom stereocenters. The van der Waals surface area contributed by atoms with Crippen LogP contribution in [0.3, 0.4) is 0 Å². The van der Waals surface area contributed by atoms with Crippen molar-refractivity contribution in [2.24, 2.45) is 0 Å². The molecule has 0 amide bonds. The Morgan fingerprint density at radius 2 is 2.11 bits per heavy atom. The molecule has 8 heteroatoms. The van der Waals surface area contributed by atoms with Gasteiger partial charge in [0, 0.05) is 17.1 Å². The highest BCUT2D eigenvalue weighted by atomic mass is 35.5. The summed E-state index contributed by atoms with van der Waals surface area (Å²) in [6, 6.07) is 3.85. The van der Waals surface area contributed by atoms with E-state index in [0.717, 1.165) is 6.07 Å². The van der Waals surface area contributed by atoms with E-state index in [1.54, 1.807) is 0 Å². The number of halogens is 2. The van der Waals surface area contributed by atoms with E-state index in [9.17, 15) is 17.6 Å². The molecule has 2 N–H and O–H groups in total. The molecule has 18 heavy (non-hydrogen) atoms. The van der Waals surface area contributed by atoms with Crippen LogP contribution in [0.1, 0.15) is 12.0 Å². The van der Waals surface area contributed by atoms with Gasteiger partial charge in [-0.05, 0) is 12.1 Å². The van der Waals surface area contributed by atoms with Crippen molar-refractivity contribution in [2.45, 2.75) is 12.2 Å². The maximum atomic E-state index is 13.4. The van der Waals surface area contributed by atoms with Crippen molar-refractivity contribution in [1.29, 1.82) is 0 Å². The molecule has 0 saturated carbocycles. The van der Waals surface area contributed by atoms with Crippen LogP contribution in [0.15, 0.2) is 18.2 Å². The van der Waals surface area contributed by atoms with Gasteiger partial charge in [0.05, 0.1) is 12.2 Å². The molecule has 0 spiro atoms. The average molecular weight is 296 g/mol. The van der Waals surface area contributed by atoms with Gasteiger partial charge in [0.2, 0.25) is 10.0 Å². The molecule has 0 fully saturated rings. The number of sulfonamides is 1. The average Bonchev–Trinajstić information content (AvgIpc) is 2.23. The van der Waals surface area contributed by atoms with Gasteiger partial charge in [0.25, 0.3) is 0 Å². The Hall–Kier alpha value is -1.18. The quantitative estimate of drug-likeness (QED) is 0.830. The maximum absolute atomic E-state index is 13.4. The summed E-state index contributed by atoms with van der Waals surface area (Å²) in [5, 5.41) is 8.38. The Labute approximate surface area is 109 Å². The summed E-state index contributed by atoms with van der Waals surface area (Å²) >= 11 is 5.69. The molecule has 1 aromatic rings. The van der Waals surface area contributed by atoms with E-state index >= 15 is 0 Å². The van der Waals surface area contributed by atoms with Crippen LogP contribution < -0.4 is 4.72 Å². The van der Waals surface area contributed by atoms with Gasteiger partial charge in [-0.15, -0.1) is 0 Å². The minimum absolute atomic E-state index is 0.0126. The van der Waals surface area contributed by atoms with Crippen molar-refractivity contribution < 1.29 is 22.7 Å². The molecule has 1 rings (SSSR count). The summed E-state index contributed by atoms with van der Waals surface area (Å²) < 4.78 is 38.5. The van der Waals surface area contributed by atoms with Crippen LogP contribution in [0.25, 0.3) is 0 Å². The predicted octanol–water partition coefficient (Wildman–Crippen LogP) is 1.37. The highest BCUT2D eigenvalue weighted by Gasteiger charge is 2.17. The van der Waals surface area contributed by atoms with E-state index < -0.39 is 27.6 Å². The van der Waals surface area contributed by atoms with Crippen LogP contribution in [0.2, 0.25) is 5.02 Å². The molecule has 1 aromatic carbocycles. The normalized spacial score (nSPS) is 11.4. The summed E-state index contributed by atoms with van der Waals surface area (Å²) in [6.07, 6.45) is -0.343. The Balaban J connectivity index is 2.74. The largest absolute Gasteiger partial charge is 0.481 e. The fourth-order valence-electron chi connectivity index (χ4n) is 1.22. The topological polar surface area (TPSA) is 83.5 Å². The number of aliphatic carboxylic acids is 1. The second-order valence-corrected chi connectivity index (χ2v) is 5.71. The van der Waals surface area contributed by atoms with Gasteiger partial charge in [0.1, 0.15) is 5.82 Å². The van der Waals surface area contributed by atoms with Crippen molar-refractivity contribution in [2.75, 3.05) is 6.54 Å². The lowest BCUT2D eigenvalue weighted by atomic mass is 10.2. The van der Waals surface area contributed by atoms with Gasteiger partial charge >= 0.3 is 5.97 Å². The van der Waals surface area contributed by atoms with Gasteiger partial charge in [-0.3, -0.25) is 4.79 Å². The molecule has 0 aromatic heterocycles. The molecule has 0 aliphatic rings. The highest BCUT2D eigenvalue weighted by molar-refractivity contribution is 7.88. The van der Waals surface area contributed by atoms with Crippen LogP contribution in [0.5, 0.6) is 0 Å². The lowest BCUT2D eigenvalue weighted by Gasteiger charge is -2.08. The van der Waals surface area contributed by atoms with E-state index in [1.165, 1.54) is 12.1 Å². The smallest absolute Gasteiger partial charge is 0.304 e. The van der Waals surface area contributed by atoms with Gasteiger partial charge < -0.3 is 5.11 Å². The van der Waals surface area contributed by atoms with E-state index in [0.29, 0.717) is 0 Å². The Morgan fingerprint density at radius 3 is 2.67 bits per heavy atom. The molecule has 100 valence electrons. The lowest BCUT2D eigenvalue weighted by Crippen LogP contribution is -2.27. The first-order valence-electron chi connectivity index (χ1n) is 4.94. The van der Waals surface area contributed by atoms with Crippen molar-refractivity contribution in [3.8, 4) is 0 Å². The molecule has 0 aliphatic heterocycles. The molecular weight excluding hydrogens is 285 g/mol. The summed E-state index contributed by atoms with van der Waals surface area (Å²) in [5.41, 5.74) is -0.137. The fraction of sp³-hybridized carbons (Fsp3) is 0.300. The zero-order valence-electron chi connectivity index (χ0n) is 9.19. The number of hydrogen-bond donors (Lipinski definition) is 2. The number of hydrogen-bond acceptors (Lipinski definition) is 3. The summed E-state index contributed by atoms with van der Waals surface area (Å²) in [5.74, 6) is -2.47. The number of carbonyl (C=O) groups is 1.